The first-order valence-electron chi connectivity index (χ1n) is 13.3. The van der Waals surface area contributed by atoms with E-state index in [2.05, 4.69) is 24.9 Å². The second-order valence-corrected chi connectivity index (χ2v) is 11.2. The number of quaternary nitrogens is 1. The normalized spacial score (nSPS) is 29.0. The van der Waals surface area contributed by atoms with Crippen molar-refractivity contribution in [2.24, 2.45) is 11.8 Å². The van der Waals surface area contributed by atoms with Crippen LogP contribution in [-0.4, -0.2) is 41.8 Å². The Bertz CT molecular complexity index is 966. The van der Waals surface area contributed by atoms with Gasteiger partial charge in [0.2, 0.25) is 0 Å². The number of hydrogen-bond donors (Lipinski definition) is 0. The van der Waals surface area contributed by atoms with Crippen molar-refractivity contribution >= 4 is 0 Å². The van der Waals surface area contributed by atoms with Crippen LogP contribution in [0.25, 0.3) is 0 Å². The van der Waals surface area contributed by atoms with Crippen LogP contribution in [0.15, 0.2) is 52.6 Å². The molecule has 6 rings (SSSR count). The van der Waals surface area contributed by atoms with E-state index in [4.69, 9.17) is 9.15 Å². The second-order valence-electron chi connectivity index (χ2n) is 11.2. The molecule has 4 fully saturated rings. The summed E-state index contributed by atoms with van der Waals surface area (Å²) < 4.78 is 13.7. The summed E-state index contributed by atoms with van der Waals surface area (Å²) in [6.45, 7) is 9.09. The maximum absolute atomic E-state index is 14.6. The van der Waals surface area contributed by atoms with Crippen LogP contribution in [0.2, 0.25) is 0 Å². The molecule has 1 aliphatic carbocycles. The zero-order valence-corrected chi connectivity index (χ0v) is 20.9. The monoisotopic (exact) mass is 464 g/mol. The maximum Gasteiger partial charge on any atom is 0.188 e. The van der Waals surface area contributed by atoms with Crippen molar-refractivity contribution < 1.29 is 18.7 Å². The summed E-state index contributed by atoms with van der Waals surface area (Å²) in [6.07, 6.45) is 12.1. The molecule has 4 heterocycles. The van der Waals surface area contributed by atoms with Gasteiger partial charge in [-0.05, 0) is 30.9 Å². The van der Waals surface area contributed by atoms with Gasteiger partial charge in [-0.3, -0.25) is 0 Å². The Morgan fingerprint density at radius 1 is 1.12 bits per heavy atom. The standard InChI is InChI=1S/C29H40N2O3/c1-22(2)15-18-33-27-21-31(16-13-23(27)14-17-31)20-26-19-30-28(34-26)29(32,24-9-5-3-6-10-24)25-11-7-4-8-12-25/h3,5-6,9-10,15,19,23,25,27H,4,7-8,11-14,16-18,20-21H2,1-2H3/t23?,27-,29+,31?/m1/s1. The SMILES string of the molecule is CC(C)=CCO[C@@H]1C[N+]2(Cc3cnc([C@]([O-])(c4ccccc4)C4CCCCC4)o3)CCC1CC2. The van der Waals surface area contributed by atoms with Gasteiger partial charge in [-0.15, -0.1) is 0 Å². The van der Waals surface area contributed by atoms with E-state index in [1.807, 2.05) is 36.5 Å². The largest absolute Gasteiger partial charge is 0.839 e. The Morgan fingerprint density at radius 2 is 1.85 bits per heavy atom. The van der Waals surface area contributed by atoms with Crippen LogP contribution in [0, 0.1) is 11.8 Å². The summed E-state index contributed by atoms with van der Waals surface area (Å²) in [4.78, 5) is 4.64. The molecule has 3 aliphatic heterocycles. The van der Waals surface area contributed by atoms with Gasteiger partial charge in [-0.2, -0.15) is 0 Å². The van der Waals surface area contributed by atoms with E-state index in [1.165, 1.54) is 24.8 Å². The molecule has 0 radical (unpaired) electrons. The van der Waals surface area contributed by atoms with Crippen molar-refractivity contribution in [2.45, 2.75) is 77.0 Å². The van der Waals surface area contributed by atoms with Gasteiger partial charge in [0.25, 0.3) is 0 Å². The molecule has 184 valence electrons. The lowest BCUT2D eigenvalue weighted by molar-refractivity contribution is -0.959. The molecule has 2 aromatic rings. The number of fused-ring (bicyclic) bond motifs is 3. The summed E-state index contributed by atoms with van der Waals surface area (Å²) in [5, 5.41) is 14.6. The van der Waals surface area contributed by atoms with Gasteiger partial charge in [0.15, 0.2) is 11.7 Å². The lowest BCUT2D eigenvalue weighted by Gasteiger charge is -2.52. The smallest absolute Gasteiger partial charge is 0.188 e. The summed E-state index contributed by atoms with van der Waals surface area (Å²) in [7, 11) is 0. The van der Waals surface area contributed by atoms with Crippen LogP contribution in [0.3, 0.4) is 0 Å². The van der Waals surface area contributed by atoms with E-state index < -0.39 is 5.60 Å². The number of rotatable bonds is 8. The van der Waals surface area contributed by atoms with Gasteiger partial charge in [0.1, 0.15) is 19.2 Å². The van der Waals surface area contributed by atoms with Crippen LogP contribution in [0.4, 0.5) is 0 Å². The second kappa shape index (κ2) is 9.96. The molecule has 2 atom stereocenters. The molecule has 2 bridgehead atoms. The molecule has 1 aromatic heterocycles. The van der Waals surface area contributed by atoms with E-state index in [1.54, 1.807) is 0 Å². The molecule has 5 heteroatoms. The third-order valence-electron chi connectivity index (χ3n) is 8.59. The maximum atomic E-state index is 14.6. The van der Waals surface area contributed by atoms with Crippen LogP contribution < -0.4 is 5.11 Å². The number of piperidine rings is 3. The number of benzene rings is 1. The summed E-state index contributed by atoms with van der Waals surface area (Å²) in [5.41, 5.74) is 0.677. The molecule has 0 spiro atoms. The highest BCUT2D eigenvalue weighted by molar-refractivity contribution is 5.29. The minimum atomic E-state index is -1.41. The molecular formula is C29H40N2O3. The average molecular weight is 465 g/mol. The van der Waals surface area contributed by atoms with Crippen molar-refractivity contribution in [1.82, 2.24) is 4.98 Å². The minimum Gasteiger partial charge on any atom is -0.839 e. The van der Waals surface area contributed by atoms with Gasteiger partial charge in [-0.25, -0.2) is 4.98 Å². The first kappa shape index (κ1) is 23.8. The highest BCUT2D eigenvalue weighted by atomic mass is 16.5. The third-order valence-corrected chi connectivity index (χ3v) is 8.59. The van der Waals surface area contributed by atoms with Crippen LogP contribution >= 0.6 is 0 Å². The molecule has 4 aliphatic rings. The number of aromatic nitrogens is 1. The van der Waals surface area contributed by atoms with Crippen molar-refractivity contribution in [3.63, 3.8) is 0 Å². The molecule has 5 nitrogen and oxygen atoms in total. The van der Waals surface area contributed by atoms with E-state index in [0.717, 1.165) is 67.7 Å². The minimum absolute atomic E-state index is 0.0285. The first-order valence-corrected chi connectivity index (χ1v) is 13.3. The van der Waals surface area contributed by atoms with Gasteiger partial charge in [-0.1, -0.05) is 74.1 Å². The lowest BCUT2D eigenvalue weighted by Crippen LogP contribution is -2.63. The molecule has 0 unspecified atom stereocenters. The number of allylic oxidation sites excluding steroid dienone is 1. The predicted octanol–water partition coefficient (Wildman–Crippen LogP) is 4.95. The van der Waals surface area contributed by atoms with Crippen molar-refractivity contribution in [3.8, 4) is 0 Å². The zero-order valence-electron chi connectivity index (χ0n) is 20.9. The topological polar surface area (TPSA) is 58.3 Å². The first-order chi connectivity index (χ1) is 16.5. The molecular weight excluding hydrogens is 424 g/mol. The number of ether oxygens (including phenoxy) is 1. The Labute approximate surface area is 204 Å². The van der Waals surface area contributed by atoms with Gasteiger partial charge in [0, 0.05) is 18.8 Å². The molecule has 0 N–H and O–H groups in total. The Kier molecular flexibility index (Phi) is 6.97. The van der Waals surface area contributed by atoms with E-state index in [9.17, 15) is 5.11 Å². The van der Waals surface area contributed by atoms with E-state index in [-0.39, 0.29) is 5.92 Å². The van der Waals surface area contributed by atoms with E-state index >= 15 is 0 Å². The molecule has 1 saturated carbocycles. The summed E-state index contributed by atoms with van der Waals surface area (Å²) in [6, 6.07) is 9.80. The number of hydrogen-bond acceptors (Lipinski definition) is 4. The van der Waals surface area contributed by atoms with Crippen LogP contribution in [0.5, 0.6) is 0 Å². The van der Waals surface area contributed by atoms with E-state index in [0.29, 0.717) is 24.5 Å². The van der Waals surface area contributed by atoms with Crippen molar-refractivity contribution in [1.29, 1.82) is 0 Å². The Hall–Kier alpha value is -1.95. The summed E-state index contributed by atoms with van der Waals surface area (Å²) >= 11 is 0. The van der Waals surface area contributed by atoms with Gasteiger partial charge < -0.3 is 18.7 Å². The highest BCUT2D eigenvalue weighted by Crippen LogP contribution is 2.42. The van der Waals surface area contributed by atoms with Crippen LogP contribution in [0.1, 0.15) is 76.0 Å². The van der Waals surface area contributed by atoms with Crippen LogP contribution in [-0.2, 0) is 16.9 Å². The molecule has 1 aromatic carbocycles. The Morgan fingerprint density at radius 3 is 2.56 bits per heavy atom. The van der Waals surface area contributed by atoms with Gasteiger partial charge in [0.05, 0.1) is 25.9 Å². The quantitative estimate of drug-likeness (QED) is 0.410. The average Bonchev–Trinajstić information content (AvgIpc) is 3.33. The van der Waals surface area contributed by atoms with Crippen molar-refractivity contribution in [3.05, 3.63) is 65.4 Å². The predicted molar refractivity (Wildman–Crippen MR) is 131 cm³/mol. The third kappa shape index (κ3) is 4.75. The zero-order chi connectivity index (χ0) is 23.6. The molecule has 3 saturated heterocycles. The highest BCUT2D eigenvalue weighted by Gasteiger charge is 2.47. The fraction of sp³-hybridized carbons (Fsp3) is 0.621. The van der Waals surface area contributed by atoms with Gasteiger partial charge >= 0.3 is 0 Å². The number of nitrogens with zero attached hydrogens (tertiary/aromatic N) is 2. The molecule has 34 heavy (non-hydrogen) atoms. The number of oxazole rings is 1. The lowest BCUT2D eigenvalue weighted by atomic mass is 9.73. The fourth-order valence-corrected chi connectivity index (χ4v) is 6.58. The fourth-order valence-electron chi connectivity index (χ4n) is 6.58. The van der Waals surface area contributed by atoms with Crippen molar-refractivity contribution in [2.75, 3.05) is 26.2 Å². The summed E-state index contributed by atoms with van der Waals surface area (Å²) in [5.74, 6) is 1.92. The Balaban J connectivity index is 1.35. The molecule has 0 amide bonds.